The monoisotopic (exact) mass is 393 g/mol. The molecule has 4 nitrogen and oxygen atoms in total. The number of anilines is 2. The van der Waals surface area contributed by atoms with Crippen molar-refractivity contribution in [3.8, 4) is 0 Å². The molecule has 0 radical (unpaired) electrons. The SMILES string of the molecule is O=C(Nc1ccc(Br)cc1)N(/N=C/c1ccccc1)c1ccccc1. The Morgan fingerprint density at radius 3 is 2.12 bits per heavy atom. The fraction of sp³-hybridized carbons (Fsp3) is 0. The van der Waals surface area contributed by atoms with Crippen LogP contribution in [0.3, 0.4) is 0 Å². The number of benzene rings is 3. The molecule has 0 bridgehead atoms. The van der Waals surface area contributed by atoms with E-state index < -0.39 is 0 Å². The van der Waals surface area contributed by atoms with Crippen LogP contribution in [0.1, 0.15) is 5.56 Å². The third-order valence-corrected chi connectivity index (χ3v) is 3.94. The smallest absolute Gasteiger partial charge is 0.306 e. The molecule has 0 spiro atoms. The maximum Gasteiger partial charge on any atom is 0.347 e. The number of halogens is 1. The molecular formula is C20H16BrN3O. The second kappa shape index (κ2) is 8.26. The molecule has 1 N–H and O–H groups in total. The Labute approximate surface area is 154 Å². The predicted molar refractivity (Wildman–Crippen MR) is 106 cm³/mol. The standard InChI is InChI=1S/C20H16BrN3O/c21-17-11-13-18(14-12-17)23-20(25)24(19-9-5-2-6-10-19)22-15-16-7-3-1-4-8-16/h1-15H,(H,23,25)/b22-15+. The Kier molecular flexibility index (Phi) is 5.59. The van der Waals surface area contributed by atoms with Gasteiger partial charge >= 0.3 is 6.03 Å². The quantitative estimate of drug-likeness (QED) is 0.460. The molecule has 0 saturated heterocycles. The van der Waals surface area contributed by atoms with Crippen LogP contribution in [0.2, 0.25) is 0 Å². The van der Waals surface area contributed by atoms with E-state index in [1.54, 1.807) is 6.21 Å². The molecule has 0 atom stereocenters. The predicted octanol–water partition coefficient (Wildman–Crippen LogP) is 5.52. The molecule has 0 saturated carbocycles. The van der Waals surface area contributed by atoms with Gasteiger partial charge in [0.1, 0.15) is 0 Å². The molecule has 5 heteroatoms. The lowest BCUT2D eigenvalue weighted by atomic mass is 10.2. The van der Waals surface area contributed by atoms with Crippen LogP contribution in [0.4, 0.5) is 16.2 Å². The summed E-state index contributed by atoms with van der Waals surface area (Å²) < 4.78 is 0.951. The number of amides is 2. The summed E-state index contributed by atoms with van der Waals surface area (Å²) in [6.07, 6.45) is 1.66. The fourth-order valence-electron chi connectivity index (χ4n) is 2.18. The van der Waals surface area contributed by atoms with Crippen LogP contribution in [-0.2, 0) is 0 Å². The first-order valence-corrected chi connectivity index (χ1v) is 8.52. The molecule has 0 unspecified atom stereocenters. The minimum absolute atomic E-state index is 0.333. The summed E-state index contributed by atoms with van der Waals surface area (Å²) in [6.45, 7) is 0. The molecule has 0 aliphatic carbocycles. The summed E-state index contributed by atoms with van der Waals surface area (Å²) in [6, 6.07) is 26.0. The van der Waals surface area contributed by atoms with Crippen molar-refractivity contribution >= 4 is 39.6 Å². The van der Waals surface area contributed by atoms with E-state index >= 15 is 0 Å². The molecule has 0 aliphatic heterocycles. The number of rotatable bonds is 4. The summed E-state index contributed by atoms with van der Waals surface area (Å²) in [5.41, 5.74) is 2.30. The zero-order valence-corrected chi connectivity index (χ0v) is 14.9. The molecule has 25 heavy (non-hydrogen) atoms. The lowest BCUT2D eigenvalue weighted by Gasteiger charge is -2.18. The second-order valence-corrected chi connectivity index (χ2v) is 6.16. The number of carbonyl (C=O) groups excluding carboxylic acids is 1. The Morgan fingerprint density at radius 1 is 0.880 bits per heavy atom. The number of carbonyl (C=O) groups is 1. The van der Waals surface area contributed by atoms with Crippen molar-refractivity contribution in [3.05, 3.63) is 95.0 Å². The zero-order chi connectivity index (χ0) is 17.5. The van der Waals surface area contributed by atoms with Crippen molar-refractivity contribution < 1.29 is 4.79 Å². The molecule has 3 rings (SSSR count). The molecule has 3 aromatic carbocycles. The van der Waals surface area contributed by atoms with Crippen LogP contribution in [0, 0.1) is 0 Å². The average molecular weight is 394 g/mol. The molecule has 2 amide bonds. The number of urea groups is 1. The first kappa shape index (κ1) is 16.9. The lowest BCUT2D eigenvalue weighted by molar-refractivity contribution is 0.257. The van der Waals surface area contributed by atoms with Gasteiger partial charge in [-0.3, -0.25) is 0 Å². The molecule has 0 heterocycles. The minimum Gasteiger partial charge on any atom is -0.306 e. The van der Waals surface area contributed by atoms with Gasteiger partial charge in [-0.15, -0.1) is 0 Å². The van der Waals surface area contributed by atoms with Crippen molar-refractivity contribution in [1.82, 2.24) is 0 Å². The van der Waals surface area contributed by atoms with Crippen molar-refractivity contribution in [2.75, 3.05) is 10.3 Å². The summed E-state index contributed by atoms with van der Waals surface area (Å²) in [7, 11) is 0. The topological polar surface area (TPSA) is 44.7 Å². The highest BCUT2D eigenvalue weighted by Crippen LogP contribution is 2.18. The number of para-hydroxylation sites is 1. The van der Waals surface area contributed by atoms with Crippen LogP contribution in [-0.4, -0.2) is 12.2 Å². The van der Waals surface area contributed by atoms with Crippen LogP contribution >= 0.6 is 15.9 Å². The Bertz CT molecular complexity index is 849. The minimum atomic E-state index is -0.333. The molecular weight excluding hydrogens is 378 g/mol. The van der Waals surface area contributed by atoms with Crippen LogP contribution < -0.4 is 10.3 Å². The van der Waals surface area contributed by atoms with Crippen LogP contribution in [0.15, 0.2) is 94.5 Å². The summed E-state index contributed by atoms with van der Waals surface area (Å²) in [4.78, 5) is 12.7. The van der Waals surface area contributed by atoms with Gasteiger partial charge in [0.2, 0.25) is 0 Å². The number of hydrazone groups is 1. The molecule has 0 aliphatic rings. The Hall–Kier alpha value is -2.92. The van der Waals surface area contributed by atoms with Gasteiger partial charge < -0.3 is 5.32 Å². The van der Waals surface area contributed by atoms with Gasteiger partial charge in [-0.05, 0) is 42.0 Å². The highest BCUT2D eigenvalue weighted by molar-refractivity contribution is 9.10. The highest BCUT2D eigenvalue weighted by atomic mass is 79.9. The number of hydrogen-bond acceptors (Lipinski definition) is 2. The van der Waals surface area contributed by atoms with Crippen LogP contribution in [0.25, 0.3) is 0 Å². The van der Waals surface area contributed by atoms with E-state index in [1.165, 1.54) is 5.01 Å². The molecule has 0 aromatic heterocycles. The normalized spacial score (nSPS) is 10.6. The van der Waals surface area contributed by atoms with E-state index in [0.29, 0.717) is 11.4 Å². The van der Waals surface area contributed by atoms with Crippen molar-refractivity contribution in [3.63, 3.8) is 0 Å². The van der Waals surface area contributed by atoms with Gasteiger partial charge in [0.25, 0.3) is 0 Å². The summed E-state index contributed by atoms with van der Waals surface area (Å²) in [5.74, 6) is 0. The first-order chi connectivity index (χ1) is 12.2. The van der Waals surface area contributed by atoms with Crippen molar-refractivity contribution in [1.29, 1.82) is 0 Å². The first-order valence-electron chi connectivity index (χ1n) is 7.73. The number of nitrogens with one attached hydrogen (secondary N) is 1. The summed E-state index contributed by atoms with van der Waals surface area (Å²) in [5, 5.41) is 8.56. The van der Waals surface area contributed by atoms with E-state index in [4.69, 9.17) is 0 Å². The molecule has 3 aromatic rings. The van der Waals surface area contributed by atoms with Crippen molar-refractivity contribution in [2.24, 2.45) is 5.10 Å². The summed E-state index contributed by atoms with van der Waals surface area (Å²) >= 11 is 3.38. The van der Waals surface area contributed by atoms with Crippen molar-refractivity contribution in [2.45, 2.75) is 0 Å². The largest absolute Gasteiger partial charge is 0.347 e. The second-order valence-electron chi connectivity index (χ2n) is 5.24. The Morgan fingerprint density at radius 2 is 1.48 bits per heavy atom. The number of hydrogen-bond donors (Lipinski definition) is 1. The van der Waals surface area contributed by atoms with E-state index in [0.717, 1.165) is 10.0 Å². The van der Waals surface area contributed by atoms with E-state index in [-0.39, 0.29) is 6.03 Å². The van der Waals surface area contributed by atoms with Gasteiger partial charge in [0.15, 0.2) is 0 Å². The maximum atomic E-state index is 12.7. The average Bonchev–Trinajstić information content (AvgIpc) is 2.65. The fourth-order valence-corrected chi connectivity index (χ4v) is 2.44. The third-order valence-electron chi connectivity index (χ3n) is 3.41. The van der Waals surface area contributed by atoms with Gasteiger partial charge in [-0.2, -0.15) is 10.1 Å². The number of nitrogens with zero attached hydrogens (tertiary/aromatic N) is 2. The highest BCUT2D eigenvalue weighted by Gasteiger charge is 2.14. The lowest BCUT2D eigenvalue weighted by Crippen LogP contribution is -2.30. The molecule has 0 fully saturated rings. The van der Waals surface area contributed by atoms with Gasteiger partial charge in [0, 0.05) is 10.2 Å². The third kappa shape index (κ3) is 4.78. The van der Waals surface area contributed by atoms with Gasteiger partial charge in [0.05, 0.1) is 11.9 Å². The van der Waals surface area contributed by atoms with Gasteiger partial charge in [-0.25, -0.2) is 4.79 Å². The van der Waals surface area contributed by atoms with Crippen LogP contribution in [0.5, 0.6) is 0 Å². The van der Waals surface area contributed by atoms with Gasteiger partial charge in [-0.1, -0.05) is 64.5 Å². The van der Waals surface area contributed by atoms with E-state index in [2.05, 4.69) is 26.3 Å². The Balaban J connectivity index is 1.84. The zero-order valence-electron chi connectivity index (χ0n) is 13.3. The maximum absolute atomic E-state index is 12.7. The molecule has 124 valence electrons. The van der Waals surface area contributed by atoms with E-state index in [9.17, 15) is 4.79 Å². The van der Waals surface area contributed by atoms with E-state index in [1.807, 2.05) is 84.9 Å².